The van der Waals surface area contributed by atoms with Crippen LogP contribution in [-0.4, -0.2) is 32.7 Å². The van der Waals surface area contributed by atoms with E-state index < -0.39 is 6.10 Å². The largest absolute Gasteiger partial charge is 0.389 e. The van der Waals surface area contributed by atoms with Gasteiger partial charge in [0.25, 0.3) is 0 Å². The number of carbonyl (C=O) groups excluding carboxylic acids is 1. The summed E-state index contributed by atoms with van der Waals surface area (Å²) >= 11 is 1.64. The van der Waals surface area contributed by atoms with Gasteiger partial charge in [-0.3, -0.25) is 4.79 Å². The molecule has 2 aromatic heterocycles. The Morgan fingerprint density at radius 3 is 3.05 bits per heavy atom. The summed E-state index contributed by atoms with van der Waals surface area (Å²) in [6, 6.07) is 3.83. The monoisotopic (exact) mass is 305 g/mol. The van der Waals surface area contributed by atoms with Gasteiger partial charge in [0, 0.05) is 22.1 Å². The minimum absolute atomic E-state index is 0.00165. The van der Waals surface area contributed by atoms with Crippen molar-refractivity contribution in [3.05, 3.63) is 40.6 Å². The third kappa shape index (κ3) is 3.16. The van der Waals surface area contributed by atoms with E-state index in [-0.39, 0.29) is 18.0 Å². The molecule has 1 saturated carbocycles. The van der Waals surface area contributed by atoms with Gasteiger partial charge in [-0.25, -0.2) is 4.98 Å². The number of rotatable bonds is 4. The summed E-state index contributed by atoms with van der Waals surface area (Å²) in [6.45, 7) is 2.03. The molecule has 3 rings (SSSR count). The van der Waals surface area contributed by atoms with Gasteiger partial charge in [-0.1, -0.05) is 0 Å². The van der Waals surface area contributed by atoms with Gasteiger partial charge in [0.1, 0.15) is 0 Å². The highest BCUT2D eigenvalue weighted by Crippen LogP contribution is 2.30. The summed E-state index contributed by atoms with van der Waals surface area (Å²) in [7, 11) is 0. The van der Waals surface area contributed by atoms with Gasteiger partial charge < -0.3 is 15.0 Å². The Labute approximate surface area is 127 Å². The summed E-state index contributed by atoms with van der Waals surface area (Å²) in [5.74, 6) is -0.0211. The summed E-state index contributed by atoms with van der Waals surface area (Å²) in [5, 5.41) is 13.3. The molecular weight excluding hydrogens is 286 g/mol. The molecule has 0 aromatic carbocycles. The first-order chi connectivity index (χ1) is 10.1. The van der Waals surface area contributed by atoms with Crippen LogP contribution in [-0.2, 0) is 11.2 Å². The fourth-order valence-corrected chi connectivity index (χ4v) is 3.79. The summed E-state index contributed by atoms with van der Waals surface area (Å²) in [6.07, 6.45) is 6.74. The first-order valence-electron chi connectivity index (χ1n) is 7.13. The molecule has 0 bridgehead atoms. The van der Waals surface area contributed by atoms with Crippen molar-refractivity contribution < 1.29 is 9.90 Å². The van der Waals surface area contributed by atoms with Crippen LogP contribution >= 0.6 is 11.3 Å². The van der Waals surface area contributed by atoms with Crippen molar-refractivity contribution >= 4 is 17.2 Å². The normalized spacial score (nSPS) is 25.1. The lowest BCUT2D eigenvalue weighted by Gasteiger charge is -2.21. The number of aryl methyl sites for hydroxylation is 1. The first kappa shape index (κ1) is 14.3. The smallest absolute Gasteiger partial charge is 0.225 e. The zero-order valence-corrected chi connectivity index (χ0v) is 12.7. The van der Waals surface area contributed by atoms with E-state index in [1.807, 2.05) is 29.8 Å². The third-order valence-corrected chi connectivity index (χ3v) is 4.97. The van der Waals surface area contributed by atoms with E-state index in [1.54, 1.807) is 23.9 Å². The molecule has 1 fully saturated rings. The standard InChI is InChI=1S/C15H19N3O2S/c1-10-2-3-11(21-10)8-14(19)17-12-4-5-13(15(12)20)18-7-6-16-9-18/h2-3,6-7,9,12-13,15,20H,4-5,8H2,1H3,(H,17,19)/t12-,13-,15-/m1/s1. The maximum atomic E-state index is 12.1. The number of nitrogens with zero attached hydrogens (tertiary/aromatic N) is 2. The van der Waals surface area contributed by atoms with Gasteiger partial charge >= 0.3 is 0 Å². The molecule has 0 saturated heterocycles. The van der Waals surface area contributed by atoms with E-state index in [1.165, 1.54) is 4.88 Å². The molecule has 3 atom stereocenters. The van der Waals surface area contributed by atoms with Crippen molar-refractivity contribution in [1.29, 1.82) is 0 Å². The lowest BCUT2D eigenvalue weighted by Crippen LogP contribution is -2.42. The zero-order chi connectivity index (χ0) is 14.8. The minimum atomic E-state index is -0.562. The lowest BCUT2D eigenvalue weighted by atomic mass is 10.1. The minimum Gasteiger partial charge on any atom is -0.389 e. The van der Waals surface area contributed by atoms with Crippen LogP contribution in [0.2, 0.25) is 0 Å². The molecule has 0 radical (unpaired) electrons. The van der Waals surface area contributed by atoms with E-state index in [4.69, 9.17) is 0 Å². The van der Waals surface area contributed by atoms with Gasteiger partial charge in [0.05, 0.1) is 30.9 Å². The number of hydrogen-bond acceptors (Lipinski definition) is 4. The van der Waals surface area contributed by atoms with Crippen molar-refractivity contribution in [3.8, 4) is 0 Å². The molecule has 0 unspecified atom stereocenters. The number of aliphatic hydroxyl groups excluding tert-OH is 1. The Kier molecular flexibility index (Phi) is 4.07. The van der Waals surface area contributed by atoms with E-state index in [9.17, 15) is 9.90 Å². The fourth-order valence-electron chi connectivity index (χ4n) is 2.90. The second-order valence-electron chi connectivity index (χ2n) is 5.51. The molecule has 5 nitrogen and oxygen atoms in total. The number of aromatic nitrogens is 2. The Bertz CT molecular complexity index is 608. The maximum Gasteiger partial charge on any atom is 0.225 e. The van der Waals surface area contributed by atoms with Gasteiger partial charge in [0.15, 0.2) is 0 Å². The molecule has 1 aliphatic carbocycles. The Morgan fingerprint density at radius 2 is 2.38 bits per heavy atom. The zero-order valence-electron chi connectivity index (χ0n) is 11.9. The first-order valence-corrected chi connectivity index (χ1v) is 7.95. The molecular formula is C15H19N3O2S. The lowest BCUT2D eigenvalue weighted by molar-refractivity contribution is -0.121. The highest BCUT2D eigenvalue weighted by atomic mass is 32.1. The van der Waals surface area contributed by atoms with E-state index in [0.717, 1.165) is 17.7 Å². The second kappa shape index (κ2) is 5.99. The Morgan fingerprint density at radius 1 is 1.52 bits per heavy atom. The Hall–Kier alpha value is -1.66. The fraction of sp³-hybridized carbons (Fsp3) is 0.467. The molecule has 1 amide bonds. The SMILES string of the molecule is Cc1ccc(CC(=O)N[C@@H]2CC[C@@H](n3ccnc3)[C@@H]2O)s1. The van der Waals surface area contributed by atoms with Crippen LogP contribution < -0.4 is 5.32 Å². The summed E-state index contributed by atoms with van der Waals surface area (Å²) in [5.41, 5.74) is 0. The number of aliphatic hydroxyl groups is 1. The van der Waals surface area contributed by atoms with Crippen LogP contribution in [0.25, 0.3) is 0 Å². The second-order valence-corrected chi connectivity index (χ2v) is 6.88. The van der Waals surface area contributed by atoms with Gasteiger partial charge in [-0.05, 0) is 31.9 Å². The van der Waals surface area contributed by atoms with Crippen LogP contribution in [0.15, 0.2) is 30.9 Å². The molecule has 112 valence electrons. The average Bonchev–Trinajstić information content (AvgIpc) is 3.14. The van der Waals surface area contributed by atoms with Crippen LogP contribution in [0, 0.1) is 6.92 Å². The highest BCUT2D eigenvalue weighted by molar-refractivity contribution is 7.12. The van der Waals surface area contributed by atoms with E-state index >= 15 is 0 Å². The molecule has 6 heteroatoms. The molecule has 21 heavy (non-hydrogen) atoms. The van der Waals surface area contributed by atoms with Crippen molar-refractivity contribution in [2.75, 3.05) is 0 Å². The molecule has 2 aromatic rings. The molecule has 0 aliphatic heterocycles. The summed E-state index contributed by atoms with van der Waals surface area (Å²) in [4.78, 5) is 18.4. The van der Waals surface area contributed by atoms with Crippen LogP contribution in [0.5, 0.6) is 0 Å². The van der Waals surface area contributed by atoms with Crippen molar-refractivity contribution in [2.45, 2.75) is 44.4 Å². The predicted molar refractivity (Wildman–Crippen MR) is 81.2 cm³/mol. The topological polar surface area (TPSA) is 67.2 Å². The predicted octanol–water partition coefficient (Wildman–Crippen LogP) is 1.68. The van der Waals surface area contributed by atoms with Crippen LogP contribution in [0.1, 0.15) is 28.6 Å². The van der Waals surface area contributed by atoms with Crippen LogP contribution in [0.3, 0.4) is 0 Å². The number of hydrogen-bond donors (Lipinski definition) is 2. The van der Waals surface area contributed by atoms with Gasteiger partial charge in [0.2, 0.25) is 5.91 Å². The van der Waals surface area contributed by atoms with Gasteiger partial charge in [-0.15, -0.1) is 11.3 Å². The van der Waals surface area contributed by atoms with Crippen molar-refractivity contribution in [2.24, 2.45) is 0 Å². The maximum absolute atomic E-state index is 12.1. The molecule has 2 N–H and O–H groups in total. The molecule has 0 spiro atoms. The highest BCUT2D eigenvalue weighted by Gasteiger charge is 2.36. The van der Waals surface area contributed by atoms with Crippen molar-refractivity contribution in [3.63, 3.8) is 0 Å². The Balaban J connectivity index is 1.57. The van der Waals surface area contributed by atoms with Crippen LogP contribution in [0.4, 0.5) is 0 Å². The molecule has 2 heterocycles. The average molecular weight is 305 g/mol. The number of carbonyl (C=O) groups is 1. The number of nitrogens with one attached hydrogen (secondary N) is 1. The van der Waals surface area contributed by atoms with E-state index in [2.05, 4.69) is 10.3 Å². The quantitative estimate of drug-likeness (QED) is 0.903. The third-order valence-electron chi connectivity index (χ3n) is 3.96. The molecule has 1 aliphatic rings. The van der Waals surface area contributed by atoms with E-state index in [0.29, 0.717) is 6.42 Å². The van der Waals surface area contributed by atoms with Gasteiger partial charge in [-0.2, -0.15) is 0 Å². The number of imidazole rings is 1. The number of amides is 1. The number of thiophene rings is 1. The van der Waals surface area contributed by atoms with Crippen molar-refractivity contribution in [1.82, 2.24) is 14.9 Å². The summed E-state index contributed by atoms with van der Waals surface area (Å²) < 4.78 is 1.92.